The molecule has 0 aliphatic heterocycles. The van der Waals surface area contributed by atoms with E-state index in [9.17, 15) is 14.4 Å². The Balaban J connectivity index is 1.94. The van der Waals surface area contributed by atoms with Crippen molar-refractivity contribution in [3.05, 3.63) is 52.2 Å². The topological polar surface area (TPSA) is 69.7 Å². The average Bonchev–Trinajstić information content (AvgIpc) is 3.08. The monoisotopic (exact) mass is 359 g/mol. The Morgan fingerprint density at radius 2 is 1.84 bits per heavy atom. The molecule has 0 unspecified atom stereocenters. The second kappa shape index (κ2) is 8.43. The van der Waals surface area contributed by atoms with E-state index >= 15 is 0 Å². The number of likely N-dealkylation sites (N-methyl/N-ethyl adjacent to an activating group) is 1. The van der Waals surface area contributed by atoms with E-state index in [0.717, 1.165) is 5.56 Å². The molecular formula is C18H21N3O3S. The SMILES string of the molecule is CC(=O)N(C)Cc1cccc(NC(=O)CN(C)C(=O)c2cccs2)c1. The number of carbonyl (C=O) groups is 3. The maximum absolute atomic E-state index is 12.2. The number of hydrogen-bond donors (Lipinski definition) is 1. The molecule has 6 nitrogen and oxygen atoms in total. The first-order valence-electron chi connectivity index (χ1n) is 7.76. The average molecular weight is 359 g/mol. The molecule has 1 heterocycles. The van der Waals surface area contributed by atoms with Gasteiger partial charge in [-0.15, -0.1) is 11.3 Å². The molecule has 132 valence electrons. The molecule has 2 aromatic rings. The van der Waals surface area contributed by atoms with Crippen molar-refractivity contribution in [2.45, 2.75) is 13.5 Å². The molecule has 0 atom stereocenters. The van der Waals surface area contributed by atoms with Gasteiger partial charge >= 0.3 is 0 Å². The van der Waals surface area contributed by atoms with Crippen molar-refractivity contribution in [3.8, 4) is 0 Å². The van der Waals surface area contributed by atoms with E-state index in [1.165, 1.54) is 23.2 Å². The Kier molecular flexibility index (Phi) is 6.30. The number of benzene rings is 1. The largest absolute Gasteiger partial charge is 0.342 e. The molecule has 0 spiro atoms. The molecule has 0 fully saturated rings. The van der Waals surface area contributed by atoms with Gasteiger partial charge in [0.15, 0.2) is 0 Å². The maximum Gasteiger partial charge on any atom is 0.264 e. The molecule has 7 heteroatoms. The number of nitrogens with zero attached hydrogens (tertiary/aromatic N) is 2. The highest BCUT2D eigenvalue weighted by molar-refractivity contribution is 7.12. The quantitative estimate of drug-likeness (QED) is 0.861. The molecule has 3 amide bonds. The van der Waals surface area contributed by atoms with Gasteiger partial charge in [-0.25, -0.2) is 0 Å². The molecule has 1 N–H and O–H groups in total. The predicted molar refractivity (Wildman–Crippen MR) is 98.5 cm³/mol. The highest BCUT2D eigenvalue weighted by Crippen LogP contribution is 2.14. The Hall–Kier alpha value is -2.67. The lowest BCUT2D eigenvalue weighted by Gasteiger charge is -2.17. The number of amides is 3. The molecule has 25 heavy (non-hydrogen) atoms. The Bertz CT molecular complexity index is 759. The molecule has 2 rings (SSSR count). The minimum atomic E-state index is -0.274. The highest BCUT2D eigenvalue weighted by atomic mass is 32.1. The van der Waals surface area contributed by atoms with Gasteiger partial charge in [-0.05, 0) is 29.1 Å². The number of anilines is 1. The van der Waals surface area contributed by atoms with Gasteiger partial charge in [0.2, 0.25) is 11.8 Å². The van der Waals surface area contributed by atoms with Crippen LogP contribution in [0.2, 0.25) is 0 Å². The van der Waals surface area contributed by atoms with Crippen molar-refractivity contribution < 1.29 is 14.4 Å². The fourth-order valence-electron chi connectivity index (χ4n) is 2.21. The van der Waals surface area contributed by atoms with Gasteiger partial charge < -0.3 is 15.1 Å². The molecule has 1 aromatic heterocycles. The van der Waals surface area contributed by atoms with Crippen LogP contribution >= 0.6 is 11.3 Å². The van der Waals surface area contributed by atoms with Crippen LogP contribution in [0.4, 0.5) is 5.69 Å². The molecular weight excluding hydrogens is 338 g/mol. The predicted octanol–water partition coefficient (Wildman–Crippen LogP) is 2.44. The first-order chi connectivity index (χ1) is 11.9. The van der Waals surface area contributed by atoms with Crippen molar-refractivity contribution in [3.63, 3.8) is 0 Å². The van der Waals surface area contributed by atoms with E-state index in [0.29, 0.717) is 17.1 Å². The fraction of sp³-hybridized carbons (Fsp3) is 0.278. The number of thiophene rings is 1. The van der Waals surface area contributed by atoms with Gasteiger partial charge in [-0.3, -0.25) is 14.4 Å². The smallest absolute Gasteiger partial charge is 0.264 e. The normalized spacial score (nSPS) is 10.2. The highest BCUT2D eigenvalue weighted by Gasteiger charge is 2.16. The van der Waals surface area contributed by atoms with Crippen LogP contribution in [0.15, 0.2) is 41.8 Å². The summed E-state index contributed by atoms with van der Waals surface area (Å²) in [6, 6.07) is 10.8. The summed E-state index contributed by atoms with van der Waals surface area (Å²) in [4.78, 5) is 39.2. The number of rotatable bonds is 6. The van der Waals surface area contributed by atoms with Crippen LogP contribution in [-0.4, -0.2) is 48.2 Å². The second-order valence-corrected chi connectivity index (χ2v) is 6.71. The first-order valence-corrected chi connectivity index (χ1v) is 8.64. The summed E-state index contributed by atoms with van der Waals surface area (Å²) in [6.45, 7) is 1.94. The third-order valence-electron chi connectivity index (χ3n) is 3.63. The number of nitrogens with one attached hydrogen (secondary N) is 1. The Morgan fingerprint density at radius 1 is 1.08 bits per heavy atom. The second-order valence-electron chi connectivity index (χ2n) is 5.76. The third-order valence-corrected chi connectivity index (χ3v) is 4.49. The van der Waals surface area contributed by atoms with Crippen LogP contribution < -0.4 is 5.32 Å². The lowest BCUT2D eigenvalue weighted by Crippen LogP contribution is -2.34. The summed E-state index contributed by atoms with van der Waals surface area (Å²) < 4.78 is 0. The Morgan fingerprint density at radius 3 is 2.48 bits per heavy atom. The summed E-state index contributed by atoms with van der Waals surface area (Å²) in [5, 5.41) is 4.61. The van der Waals surface area contributed by atoms with Crippen molar-refractivity contribution in [1.82, 2.24) is 9.80 Å². The minimum Gasteiger partial charge on any atom is -0.342 e. The van der Waals surface area contributed by atoms with E-state index in [1.807, 2.05) is 23.6 Å². The summed E-state index contributed by atoms with van der Waals surface area (Å²) in [5.74, 6) is -0.477. The van der Waals surface area contributed by atoms with Gasteiger partial charge in [-0.2, -0.15) is 0 Å². The van der Waals surface area contributed by atoms with E-state index in [4.69, 9.17) is 0 Å². The third kappa shape index (κ3) is 5.42. The summed E-state index contributed by atoms with van der Waals surface area (Å²) in [7, 11) is 3.32. The molecule has 0 aliphatic carbocycles. The maximum atomic E-state index is 12.2. The van der Waals surface area contributed by atoms with E-state index in [1.54, 1.807) is 37.2 Å². The molecule has 0 aliphatic rings. The number of carbonyl (C=O) groups excluding carboxylic acids is 3. The minimum absolute atomic E-state index is 0.0249. The zero-order valence-corrected chi connectivity index (χ0v) is 15.3. The molecule has 1 aromatic carbocycles. The Labute approximate surface area is 151 Å². The van der Waals surface area contributed by atoms with Gasteiger partial charge in [0.25, 0.3) is 5.91 Å². The van der Waals surface area contributed by atoms with Gasteiger partial charge in [0.05, 0.1) is 11.4 Å². The van der Waals surface area contributed by atoms with Crippen LogP contribution in [0.3, 0.4) is 0 Å². The van der Waals surface area contributed by atoms with Crippen molar-refractivity contribution in [2.75, 3.05) is 26.0 Å². The summed E-state index contributed by atoms with van der Waals surface area (Å²) >= 11 is 1.35. The molecule has 0 bridgehead atoms. The van der Waals surface area contributed by atoms with Crippen LogP contribution in [0.5, 0.6) is 0 Å². The molecule has 0 saturated heterocycles. The van der Waals surface area contributed by atoms with Crippen molar-refractivity contribution >= 4 is 34.7 Å². The van der Waals surface area contributed by atoms with Crippen LogP contribution in [0.25, 0.3) is 0 Å². The van der Waals surface area contributed by atoms with Gasteiger partial charge in [0.1, 0.15) is 0 Å². The van der Waals surface area contributed by atoms with Gasteiger partial charge in [0, 0.05) is 33.3 Å². The lowest BCUT2D eigenvalue weighted by atomic mass is 10.2. The van der Waals surface area contributed by atoms with Crippen LogP contribution in [-0.2, 0) is 16.1 Å². The zero-order valence-electron chi connectivity index (χ0n) is 14.5. The van der Waals surface area contributed by atoms with E-state index in [-0.39, 0.29) is 24.3 Å². The van der Waals surface area contributed by atoms with Crippen LogP contribution in [0.1, 0.15) is 22.2 Å². The van der Waals surface area contributed by atoms with E-state index in [2.05, 4.69) is 5.32 Å². The molecule has 0 radical (unpaired) electrons. The van der Waals surface area contributed by atoms with Crippen LogP contribution in [0, 0.1) is 0 Å². The zero-order chi connectivity index (χ0) is 18.4. The summed E-state index contributed by atoms with van der Waals surface area (Å²) in [6.07, 6.45) is 0. The summed E-state index contributed by atoms with van der Waals surface area (Å²) in [5.41, 5.74) is 1.55. The van der Waals surface area contributed by atoms with Crippen molar-refractivity contribution in [1.29, 1.82) is 0 Å². The molecule has 0 saturated carbocycles. The standard InChI is InChI=1S/C18H21N3O3S/c1-13(22)20(2)11-14-6-4-7-15(10-14)19-17(23)12-21(3)18(24)16-8-5-9-25-16/h4-10H,11-12H2,1-3H3,(H,19,23). The lowest BCUT2D eigenvalue weighted by molar-refractivity contribution is -0.128. The fourth-order valence-corrected chi connectivity index (χ4v) is 2.93. The number of hydrogen-bond acceptors (Lipinski definition) is 4. The van der Waals surface area contributed by atoms with Gasteiger partial charge in [-0.1, -0.05) is 18.2 Å². The first kappa shape index (κ1) is 18.7. The van der Waals surface area contributed by atoms with Crippen molar-refractivity contribution in [2.24, 2.45) is 0 Å². The van der Waals surface area contributed by atoms with E-state index < -0.39 is 0 Å².